The Labute approximate surface area is 216 Å². The number of rotatable bonds is 5. The number of ether oxygens (including phenoxy) is 3. The van der Waals surface area contributed by atoms with Gasteiger partial charge in [-0.3, -0.25) is 9.69 Å². The van der Waals surface area contributed by atoms with E-state index in [1.54, 1.807) is 21.3 Å². The molecule has 2 fully saturated rings. The quantitative estimate of drug-likeness (QED) is 0.494. The fraction of sp³-hybridized carbons (Fsp3) is 0.429. The summed E-state index contributed by atoms with van der Waals surface area (Å²) in [5.74, 6) is 1.82. The third-order valence-corrected chi connectivity index (χ3v) is 8.43. The predicted octanol–water partition coefficient (Wildman–Crippen LogP) is 4.97. The zero-order valence-electron chi connectivity index (χ0n) is 20.9. The smallest absolute Gasteiger partial charge is 0.252 e. The van der Waals surface area contributed by atoms with Crippen LogP contribution in [0.3, 0.4) is 0 Å². The first-order chi connectivity index (χ1) is 17.6. The number of carbonyl (C=O) groups excluding carboxylic acids is 1. The number of methoxy groups -OCH3 is 3. The molecule has 7 nitrogen and oxygen atoms in total. The fourth-order valence-electron chi connectivity index (χ4n) is 6.38. The lowest BCUT2D eigenvalue weighted by atomic mass is 9.88. The first kappa shape index (κ1) is 23.2. The number of benzene rings is 2. The summed E-state index contributed by atoms with van der Waals surface area (Å²) < 4.78 is 17.0. The number of carbonyl (C=O) groups is 1. The van der Waals surface area contributed by atoms with Gasteiger partial charge < -0.3 is 24.1 Å². The van der Waals surface area contributed by atoms with Crippen molar-refractivity contribution in [1.82, 2.24) is 14.8 Å². The molecule has 1 N–H and O–H groups in total. The van der Waals surface area contributed by atoms with Crippen molar-refractivity contribution in [2.45, 2.75) is 56.7 Å². The number of para-hydroxylation sites is 1. The molecule has 1 saturated heterocycles. The van der Waals surface area contributed by atoms with Crippen LogP contribution >= 0.6 is 12.2 Å². The van der Waals surface area contributed by atoms with Crippen molar-refractivity contribution in [2.24, 2.45) is 0 Å². The topological polar surface area (TPSA) is 67.0 Å². The number of hydrogen-bond donors (Lipinski definition) is 1. The summed E-state index contributed by atoms with van der Waals surface area (Å²) in [6.45, 7) is 0. The second-order valence-corrected chi connectivity index (χ2v) is 10.2. The van der Waals surface area contributed by atoms with Crippen LogP contribution in [0.5, 0.6) is 17.2 Å². The third kappa shape index (κ3) is 3.38. The Morgan fingerprint density at radius 2 is 1.67 bits per heavy atom. The summed E-state index contributed by atoms with van der Waals surface area (Å²) >= 11 is 6.08. The summed E-state index contributed by atoms with van der Waals surface area (Å²) in [5, 5.41) is 1.78. The summed E-state index contributed by atoms with van der Waals surface area (Å²) in [7, 11) is 4.84. The van der Waals surface area contributed by atoms with Gasteiger partial charge in [0.15, 0.2) is 16.6 Å². The lowest BCUT2D eigenvalue weighted by molar-refractivity contribution is -0.130. The largest absolute Gasteiger partial charge is 0.493 e. The molecule has 1 aromatic heterocycles. The van der Waals surface area contributed by atoms with Crippen molar-refractivity contribution in [3.63, 3.8) is 0 Å². The van der Waals surface area contributed by atoms with E-state index in [0.717, 1.165) is 47.8 Å². The van der Waals surface area contributed by atoms with Crippen LogP contribution in [0.25, 0.3) is 10.9 Å². The molecule has 0 radical (unpaired) electrons. The Morgan fingerprint density at radius 1 is 0.972 bits per heavy atom. The average Bonchev–Trinajstić information content (AvgIpc) is 3.41. The molecule has 3 aromatic rings. The van der Waals surface area contributed by atoms with Crippen LogP contribution in [-0.2, 0) is 11.2 Å². The number of nitrogens with one attached hydrogen (secondary N) is 1. The van der Waals surface area contributed by atoms with Gasteiger partial charge >= 0.3 is 0 Å². The van der Waals surface area contributed by atoms with Crippen LogP contribution in [0.4, 0.5) is 0 Å². The van der Waals surface area contributed by atoms with Gasteiger partial charge in [-0.25, -0.2) is 0 Å². The van der Waals surface area contributed by atoms with E-state index < -0.39 is 0 Å². The van der Waals surface area contributed by atoms with E-state index in [2.05, 4.69) is 22.0 Å². The molecule has 36 heavy (non-hydrogen) atoms. The third-order valence-electron chi connectivity index (χ3n) is 8.02. The number of aromatic nitrogens is 1. The molecule has 2 aliphatic heterocycles. The zero-order valence-corrected chi connectivity index (χ0v) is 21.7. The van der Waals surface area contributed by atoms with E-state index in [0.29, 0.717) is 28.8 Å². The van der Waals surface area contributed by atoms with E-state index in [1.807, 2.05) is 29.2 Å². The first-order valence-electron chi connectivity index (χ1n) is 12.6. The molecule has 3 aliphatic rings. The van der Waals surface area contributed by atoms with E-state index >= 15 is 0 Å². The number of aromatic amines is 1. The van der Waals surface area contributed by atoms with Gasteiger partial charge in [0.1, 0.15) is 6.04 Å². The van der Waals surface area contributed by atoms with Crippen LogP contribution in [-0.4, -0.2) is 59.2 Å². The van der Waals surface area contributed by atoms with Crippen molar-refractivity contribution < 1.29 is 19.0 Å². The Balaban J connectivity index is 1.54. The molecule has 8 heteroatoms. The minimum atomic E-state index is -0.338. The van der Waals surface area contributed by atoms with E-state index in [9.17, 15) is 4.79 Å². The van der Waals surface area contributed by atoms with E-state index in [1.165, 1.54) is 12.0 Å². The maximum absolute atomic E-state index is 14.0. The molecule has 1 amide bonds. The number of fused-ring (bicyclic) bond motifs is 4. The van der Waals surface area contributed by atoms with Gasteiger partial charge in [0.2, 0.25) is 5.75 Å². The van der Waals surface area contributed by atoms with Crippen molar-refractivity contribution in [3.8, 4) is 17.2 Å². The molecule has 1 saturated carbocycles. The Morgan fingerprint density at radius 3 is 2.33 bits per heavy atom. The molecular formula is C28H31N3O4S. The van der Waals surface area contributed by atoms with Gasteiger partial charge in [0.25, 0.3) is 5.91 Å². The highest BCUT2D eigenvalue weighted by molar-refractivity contribution is 7.80. The number of thiocarbonyl (C=S) groups is 1. The normalized spacial score (nSPS) is 22.1. The monoisotopic (exact) mass is 505 g/mol. The zero-order chi connectivity index (χ0) is 25.0. The highest BCUT2D eigenvalue weighted by atomic mass is 32.1. The minimum Gasteiger partial charge on any atom is -0.493 e. The molecule has 0 bridgehead atoms. The molecule has 2 aromatic carbocycles. The Bertz CT molecular complexity index is 1320. The van der Waals surface area contributed by atoms with Crippen LogP contribution in [0.2, 0.25) is 0 Å². The molecule has 188 valence electrons. The standard InChI is InChI=1S/C28H31N3O4S/c1-33-22-13-16(14-23(34-2)26(22)35-3)25-24-19(18-11-7-8-12-20(18)29-24)15-21-27(32)30(28(36)31(21)25)17-9-5-4-6-10-17/h7-8,11-14,17,21,25,29H,4-6,9-10,15H2,1-3H3/t21-,25-/m1/s1. The number of hydrogen-bond acceptors (Lipinski definition) is 5. The second-order valence-electron chi connectivity index (χ2n) is 9.83. The maximum atomic E-state index is 14.0. The van der Waals surface area contributed by atoms with E-state index in [4.69, 9.17) is 26.4 Å². The van der Waals surface area contributed by atoms with Crippen LogP contribution in [0, 0.1) is 0 Å². The minimum absolute atomic E-state index is 0.125. The summed E-state index contributed by atoms with van der Waals surface area (Å²) in [4.78, 5) is 21.7. The molecule has 2 atom stereocenters. The lowest BCUT2D eigenvalue weighted by Crippen LogP contribution is -2.44. The molecular weight excluding hydrogens is 474 g/mol. The average molecular weight is 506 g/mol. The molecule has 1 aliphatic carbocycles. The highest BCUT2D eigenvalue weighted by Gasteiger charge is 2.52. The van der Waals surface area contributed by atoms with Gasteiger partial charge in [-0.2, -0.15) is 0 Å². The number of amides is 1. The summed E-state index contributed by atoms with van der Waals surface area (Å²) in [6.07, 6.45) is 6.15. The molecule has 6 rings (SSSR count). The second kappa shape index (κ2) is 9.00. The molecule has 0 spiro atoms. The number of H-pyrrole nitrogens is 1. The molecule has 0 unspecified atom stereocenters. The predicted molar refractivity (Wildman–Crippen MR) is 142 cm³/mol. The SMILES string of the molecule is COc1cc([C@@H]2c3[nH]c4ccccc4c3C[C@@H]3C(=O)N(C4CCCCC4)C(=S)N23)cc(OC)c1OC. The Kier molecular flexibility index (Phi) is 5.79. The van der Waals surface area contributed by atoms with Gasteiger partial charge in [-0.15, -0.1) is 0 Å². The fourth-order valence-corrected chi connectivity index (χ4v) is 6.85. The lowest BCUT2D eigenvalue weighted by Gasteiger charge is -2.38. The van der Waals surface area contributed by atoms with Gasteiger partial charge in [-0.1, -0.05) is 37.5 Å². The first-order valence-corrected chi connectivity index (χ1v) is 13.0. The van der Waals surface area contributed by atoms with Crippen LogP contribution in [0.1, 0.15) is 55.0 Å². The van der Waals surface area contributed by atoms with Crippen molar-refractivity contribution >= 4 is 34.1 Å². The van der Waals surface area contributed by atoms with Gasteiger partial charge in [0.05, 0.1) is 27.4 Å². The van der Waals surface area contributed by atoms with Crippen molar-refractivity contribution in [3.05, 3.63) is 53.2 Å². The summed E-state index contributed by atoms with van der Waals surface area (Å²) in [6, 6.07) is 11.8. The number of nitrogens with zero attached hydrogens (tertiary/aromatic N) is 2. The van der Waals surface area contributed by atoms with Crippen molar-refractivity contribution in [1.29, 1.82) is 0 Å². The van der Waals surface area contributed by atoms with Gasteiger partial charge in [-0.05, 0) is 54.4 Å². The van der Waals surface area contributed by atoms with Gasteiger partial charge in [0, 0.05) is 29.1 Å². The van der Waals surface area contributed by atoms with Crippen LogP contribution in [0.15, 0.2) is 36.4 Å². The highest BCUT2D eigenvalue weighted by Crippen LogP contribution is 2.48. The van der Waals surface area contributed by atoms with E-state index in [-0.39, 0.29) is 24.0 Å². The summed E-state index contributed by atoms with van der Waals surface area (Å²) in [5.41, 5.74) is 4.22. The maximum Gasteiger partial charge on any atom is 0.252 e. The van der Waals surface area contributed by atoms with Crippen LogP contribution < -0.4 is 14.2 Å². The Hall–Kier alpha value is -3.26. The van der Waals surface area contributed by atoms with Crippen molar-refractivity contribution in [2.75, 3.05) is 21.3 Å². The molecule has 3 heterocycles.